The summed E-state index contributed by atoms with van der Waals surface area (Å²) in [5.41, 5.74) is 0.150. The van der Waals surface area contributed by atoms with Gasteiger partial charge in [-0.05, 0) is 38.5 Å². The van der Waals surface area contributed by atoms with Crippen LogP contribution < -0.4 is 5.32 Å². The molecule has 110 valence electrons. The molecule has 1 saturated heterocycles. The van der Waals surface area contributed by atoms with Crippen LogP contribution >= 0.6 is 11.6 Å². The van der Waals surface area contributed by atoms with Crippen LogP contribution in [0.1, 0.15) is 20.3 Å². The Balaban J connectivity index is 2.23. The third-order valence-electron chi connectivity index (χ3n) is 3.81. The molecule has 1 aliphatic rings. The molecular formula is C15H21ClN2O2. The van der Waals surface area contributed by atoms with Crippen molar-refractivity contribution in [3.63, 3.8) is 0 Å². The van der Waals surface area contributed by atoms with Gasteiger partial charge < -0.3 is 10.1 Å². The van der Waals surface area contributed by atoms with Crippen LogP contribution in [0.3, 0.4) is 0 Å². The number of ether oxygens (including phenoxy) is 1. The molecule has 0 aromatic heterocycles. The monoisotopic (exact) mass is 296 g/mol. The van der Waals surface area contributed by atoms with Crippen molar-refractivity contribution < 1.29 is 9.53 Å². The van der Waals surface area contributed by atoms with Crippen molar-refractivity contribution >= 4 is 23.3 Å². The van der Waals surface area contributed by atoms with Gasteiger partial charge >= 0.3 is 5.97 Å². The quantitative estimate of drug-likeness (QED) is 0.868. The van der Waals surface area contributed by atoms with Gasteiger partial charge in [0.25, 0.3) is 0 Å². The minimum atomic E-state index is -0.691. The summed E-state index contributed by atoms with van der Waals surface area (Å²) in [7, 11) is 1.43. The fourth-order valence-corrected chi connectivity index (χ4v) is 2.83. The summed E-state index contributed by atoms with van der Waals surface area (Å²) in [5.74, 6) is -0.222. The van der Waals surface area contributed by atoms with Crippen LogP contribution in [0.4, 0.5) is 5.69 Å². The zero-order chi connectivity index (χ0) is 14.8. The topological polar surface area (TPSA) is 41.6 Å². The van der Waals surface area contributed by atoms with Gasteiger partial charge in [-0.15, -0.1) is 0 Å². The molecule has 0 aliphatic carbocycles. The lowest BCUT2D eigenvalue weighted by Crippen LogP contribution is -2.50. The average molecular weight is 297 g/mol. The maximum atomic E-state index is 12.2. The molecule has 5 heteroatoms. The highest BCUT2D eigenvalue weighted by atomic mass is 35.5. The Bertz CT molecular complexity index is 493. The standard InChI is InChI=1S/C15H21ClN2O2/c1-11(2)18-8-7-15(10-18,14(19)20-3)17-13-6-4-5-12(16)9-13/h4-6,9,11,17H,7-8,10H2,1-3H3. The molecule has 2 rings (SSSR count). The molecule has 1 atom stereocenters. The predicted octanol–water partition coefficient (Wildman–Crippen LogP) is 2.78. The van der Waals surface area contributed by atoms with E-state index in [0.29, 0.717) is 17.6 Å². The summed E-state index contributed by atoms with van der Waals surface area (Å²) >= 11 is 6.00. The van der Waals surface area contributed by atoms with E-state index in [2.05, 4.69) is 24.1 Å². The highest BCUT2D eigenvalue weighted by Gasteiger charge is 2.46. The van der Waals surface area contributed by atoms with Crippen molar-refractivity contribution in [3.8, 4) is 0 Å². The van der Waals surface area contributed by atoms with Crippen LogP contribution in [0.15, 0.2) is 24.3 Å². The first-order valence-electron chi connectivity index (χ1n) is 6.83. The van der Waals surface area contributed by atoms with Crippen molar-refractivity contribution in [1.82, 2.24) is 4.90 Å². The lowest BCUT2D eigenvalue weighted by Gasteiger charge is -2.30. The lowest BCUT2D eigenvalue weighted by molar-refractivity contribution is -0.145. The molecule has 4 nitrogen and oxygen atoms in total. The number of likely N-dealkylation sites (tertiary alicyclic amines) is 1. The van der Waals surface area contributed by atoms with Crippen molar-refractivity contribution in [3.05, 3.63) is 29.3 Å². The van der Waals surface area contributed by atoms with Gasteiger partial charge in [0.05, 0.1) is 7.11 Å². The van der Waals surface area contributed by atoms with Gasteiger partial charge in [0, 0.05) is 29.8 Å². The van der Waals surface area contributed by atoms with Crippen LogP contribution in [0.2, 0.25) is 5.02 Å². The zero-order valence-corrected chi connectivity index (χ0v) is 12.9. The minimum absolute atomic E-state index is 0.222. The van der Waals surface area contributed by atoms with Crippen molar-refractivity contribution in [2.45, 2.75) is 31.8 Å². The highest BCUT2D eigenvalue weighted by molar-refractivity contribution is 6.30. The van der Waals surface area contributed by atoms with E-state index in [1.807, 2.05) is 24.3 Å². The molecule has 1 fully saturated rings. The van der Waals surface area contributed by atoms with Gasteiger partial charge in [-0.1, -0.05) is 17.7 Å². The third-order valence-corrected chi connectivity index (χ3v) is 4.05. The summed E-state index contributed by atoms with van der Waals surface area (Å²) in [6, 6.07) is 7.82. The second-order valence-electron chi connectivity index (χ2n) is 5.52. The number of hydrogen-bond acceptors (Lipinski definition) is 4. The third kappa shape index (κ3) is 3.07. The first-order valence-corrected chi connectivity index (χ1v) is 7.21. The number of carbonyl (C=O) groups excluding carboxylic acids is 1. The molecule has 1 unspecified atom stereocenters. The summed E-state index contributed by atoms with van der Waals surface area (Å²) < 4.78 is 5.01. The van der Waals surface area contributed by atoms with E-state index in [4.69, 9.17) is 16.3 Å². The SMILES string of the molecule is COC(=O)C1(Nc2cccc(Cl)c2)CCN(C(C)C)C1. The Morgan fingerprint density at radius 3 is 2.80 bits per heavy atom. The van der Waals surface area contributed by atoms with E-state index < -0.39 is 5.54 Å². The molecule has 1 aromatic carbocycles. The van der Waals surface area contributed by atoms with Gasteiger partial charge in [0.1, 0.15) is 5.54 Å². The van der Waals surface area contributed by atoms with E-state index in [9.17, 15) is 4.79 Å². The van der Waals surface area contributed by atoms with Crippen LogP contribution in [-0.4, -0.2) is 42.6 Å². The van der Waals surface area contributed by atoms with Gasteiger partial charge in [-0.2, -0.15) is 0 Å². The van der Waals surface area contributed by atoms with Gasteiger partial charge in [0.15, 0.2) is 0 Å². The van der Waals surface area contributed by atoms with E-state index in [0.717, 1.165) is 18.7 Å². The smallest absolute Gasteiger partial charge is 0.332 e. The second-order valence-corrected chi connectivity index (χ2v) is 5.96. The zero-order valence-electron chi connectivity index (χ0n) is 12.1. The molecule has 1 aliphatic heterocycles. The van der Waals surface area contributed by atoms with Crippen LogP contribution in [0, 0.1) is 0 Å². The lowest BCUT2D eigenvalue weighted by atomic mass is 9.98. The summed E-state index contributed by atoms with van der Waals surface area (Å²) in [4.78, 5) is 14.5. The van der Waals surface area contributed by atoms with Gasteiger partial charge in [-0.25, -0.2) is 4.79 Å². The molecule has 1 aromatic rings. The first kappa shape index (κ1) is 15.1. The molecule has 0 amide bonds. The molecule has 0 radical (unpaired) electrons. The van der Waals surface area contributed by atoms with Crippen LogP contribution in [-0.2, 0) is 9.53 Å². The number of nitrogens with zero attached hydrogens (tertiary/aromatic N) is 1. The van der Waals surface area contributed by atoms with Crippen LogP contribution in [0.25, 0.3) is 0 Å². The molecular weight excluding hydrogens is 276 g/mol. The summed E-state index contributed by atoms with van der Waals surface area (Å²) in [6.45, 7) is 5.78. The second kappa shape index (κ2) is 6.02. The Morgan fingerprint density at radius 2 is 2.25 bits per heavy atom. The number of methoxy groups -OCH3 is 1. The van der Waals surface area contributed by atoms with Crippen molar-refractivity contribution in [2.24, 2.45) is 0 Å². The van der Waals surface area contributed by atoms with Gasteiger partial charge in [-0.3, -0.25) is 4.90 Å². The normalized spacial score (nSPS) is 23.1. The van der Waals surface area contributed by atoms with Crippen molar-refractivity contribution in [1.29, 1.82) is 0 Å². The number of hydrogen-bond donors (Lipinski definition) is 1. The Hall–Kier alpha value is -1.26. The number of nitrogens with one attached hydrogen (secondary N) is 1. The Kier molecular flexibility index (Phi) is 4.55. The number of benzene rings is 1. The van der Waals surface area contributed by atoms with Crippen LogP contribution in [0.5, 0.6) is 0 Å². The van der Waals surface area contributed by atoms with E-state index in [1.54, 1.807) is 0 Å². The fraction of sp³-hybridized carbons (Fsp3) is 0.533. The summed E-state index contributed by atoms with van der Waals surface area (Å²) in [6.07, 6.45) is 0.727. The van der Waals surface area contributed by atoms with Crippen molar-refractivity contribution in [2.75, 3.05) is 25.5 Å². The largest absolute Gasteiger partial charge is 0.467 e. The Morgan fingerprint density at radius 1 is 1.50 bits per heavy atom. The predicted molar refractivity (Wildman–Crippen MR) is 81.1 cm³/mol. The molecule has 20 heavy (non-hydrogen) atoms. The highest BCUT2D eigenvalue weighted by Crippen LogP contribution is 2.29. The number of esters is 1. The Labute approximate surface area is 125 Å². The average Bonchev–Trinajstić information content (AvgIpc) is 2.83. The summed E-state index contributed by atoms with van der Waals surface area (Å²) in [5, 5.41) is 3.98. The number of anilines is 1. The maximum absolute atomic E-state index is 12.2. The minimum Gasteiger partial charge on any atom is -0.467 e. The molecule has 1 heterocycles. The number of rotatable bonds is 4. The molecule has 0 bridgehead atoms. The van der Waals surface area contributed by atoms with E-state index in [-0.39, 0.29) is 5.97 Å². The molecule has 0 spiro atoms. The molecule has 1 N–H and O–H groups in total. The number of carbonyl (C=O) groups is 1. The van der Waals surface area contributed by atoms with E-state index >= 15 is 0 Å². The molecule has 0 saturated carbocycles. The number of halogens is 1. The maximum Gasteiger partial charge on any atom is 0.332 e. The fourth-order valence-electron chi connectivity index (χ4n) is 2.64. The first-order chi connectivity index (χ1) is 9.47. The van der Waals surface area contributed by atoms with E-state index in [1.165, 1.54) is 7.11 Å². The van der Waals surface area contributed by atoms with Gasteiger partial charge in [0.2, 0.25) is 0 Å².